The van der Waals surface area contributed by atoms with E-state index in [9.17, 15) is 4.79 Å². The first-order valence-corrected chi connectivity index (χ1v) is 9.26. The molecule has 0 radical (unpaired) electrons. The summed E-state index contributed by atoms with van der Waals surface area (Å²) in [6.45, 7) is 4.46. The third-order valence-corrected chi connectivity index (χ3v) is 5.43. The van der Waals surface area contributed by atoms with Crippen LogP contribution in [0.4, 0.5) is 0 Å². The molecule has 4 heteroatoms. The predicted molar refractivity (Wildman–Crippen MR) is 97.8 cm³/mol. The zero-order valence-electron chi connectivity index (χ0n) is 14.6. The number of benzene rings is 1. The van der Waals surface area contributed by atoms with Crippen LogP contribution in [0.2, 0.25) is 0 Å². The number of piperidine rings is 1. The Morgan fingerprint density at radius 3 is 2.84 bits per heavy atom. The summed E-state index contributed by atoms with van der Waals surface area (Å²) >= 11 is 0. The monoisotopic (exact) mass is 335 g/mol. The number of carbonyl (C=O) groups excluding carboxylic acids is 1. The molecule has 2 aromatic rings. The van der Waals surface area contributed by atoms with E-state index in [1.807, 2.05) is 12.3 Å². The summed E-state index contributed by atoms with van der Waals surface area (Å²) in [5.74, 6) is 0.473. The average molecular weight is 335 g/mol. The molecule has 1 aromatic carbocycles. The molecule has 2 aliphatic heterocycles. The SMILES string of the molecule is O=C(C1CCCN(Cc2cccnc2)C1)N1CCc2ccccc2C1. The number of likely N-dealkylation sites (tertiary alicyclic amines) is 1. The van der Waals surface area contributed by atoms with Crippen LogP contribution < -0.4 is 0 Å². The maximum atomic E-state index is 13.0. The number of fused-ring (bicyclic) bond motifs is 1. The molecule has 0 aliphatic carbocycles. The van der Waals surface area contributed by atoms with Gasteiger partial charge in [-0.25, -0.2) is 0 Å². The second kappa shape index (κ2) is 7.36. The maximum Gasteiger partial charge on any atom is 0.227 e. The summed E-state index contributed by atoms with van der Waals surface area (Å²) in [5, 5.41) is 0. The lowest BCUT2D eigenvalue weighted by Crippen LogP contribution is -2.46. The molecular formula is C21H25N3O. The van der Waals surface area contributed by atoms with Gasteiger partial charge in [-0.15, -0.1) is 0 Å². The first-order chi connectivity index (χ1) is 12.3. The summed E-state index contributed by atoms with van der Waals surface area (Å²) in [6.07, 6.45) is 6.82. The van der Waals surface area contributed by atoms with Crippen molar-refractivity contribution >= 4 is 5.91 Å². The molecule has 25 heavy (non-hydrogen) atoms. The summed E-state index contributed by atoms with van der Waals surface area (Å²) < 4.78 is 0. The van der Waals surface area contributed by atoms with Gasteiger partial charge in [0, 0.05) is 38.6 Å². The van der Waals surface area contributed by atoms with Crippen LogP contribution >= 0.6 is 0 Å². The fourth-order valence-corrected chi connectivity index (χ4v) is 4.09. The van der Waals surface area contributed by atoms with E-state index in [0.29, 0.717) is 5.91 Å². The maximum absolute atomic E-state index is 13.0. The lowest BCUT2D eigenvalue weighted by Gasteiger charge is -2.36. The molecule has 1 saturated heterocycles. The third kappa shape index (κ3) is 3.74. The van der Waals surface area contributed by atoms with Crippen molar-refractivity contribution < 1.29 is 4.79 Å². The first-order valence-electron chi connectivity index (χ1n) is 9.26. The van der Waals surface area contributed by atoms with Crippen molar-refractivity contribution in [2.75, 3.05) is 19.6 Å². The highest BCUT2D eigenvalue weighted by Crippen LogP contribution is 2.24. The number of pyridine rings is 1. The van der Waals surface area contributed by atoms with E-state index in [4.69, 9.17) is 0 Å². The third-order valence-electron chi connectivity index (χ3n) is 5.43. The van der Waals surface area contributed by atoms with Gasteiger partial charge < -0.3 is 4.90 Å². The van der Waals surface area contributed by atoms with Crippen LogP contribution in [0.5, 0.6) is 0 Å². The minimum Gasteiger partial charge on any atom is -0.338 e. The van der Waals surface area contributed by atoms with E-state index < -0.39 is 0 Å². The normalized spacial score (nSPS) is 21.0. The average Bonchev–Trinajstić information content (AvgIpc) is 2.68. The Morgan fingerprint density at radius 1 is 1.12 bits per heavy atom. The summed E-state index contributed by atoms with van der Waals surface area (Å²) in [4.78, 5) is 21.7. The lowest BCUT2D eigenvalue weighted by atomic mass is 9.93. The van der Waals surface area contributed by atoms with Crippen molar-refractivity contribution in [3.63, 3.8) is 0 Å². The molecule has 0 spiro atoms. The number of nitrogens with zero attached hydrogens (tertiary/aromatic N) is 3. The fraction of sp³-hybridized carbons (Fsp3) is 0.429. The van der Waals surface area contributed by atoms with Gasteiger partial charge in [-0.3, -0.25) is 14.7 Å². The number of aromatic nitrogens is 1. The molecule has 3 heterocycles. The van der Waals surface area contributed by atoms with Crippen LogP contribution in [0.15, 0.2) is 48.8 Å². The van der Waals surface area contributed by atoms with Gasteiger partial charge in [0.1, 0.15) is 0 Å². The smallest absolute Gasteiger partial charge is 0.227 e. The summed E-state index contributed by atoms with van der Waals surface area (Å²) in [5.41, 5.74) is 3.93. The van der Waals surface area contributed by atoms with Gasteiger partial charge in [-0.1, -0.05) is 30.3 Å². The molecule has 4 nitrogen and oxygen atoms in total. The zero-order chi connectivity index (χ0) is 17.1. The Morgan fingerprint density at radius 2 is 2.00 bits per heavy atom. The Kier molecular flexibility index (Phi) is 4.79. The van der Waals surface area contributed by atoms with Gasteiger partial charge in [0.25, 0.3) is 0 Å². The second-order valence-corrected chi connectivity index (χ2v) is 7.21. The molecule has 1 amide bonds. The van der Waals surface area contributed by atoms with Gasteiger partial charge in [-0.2, -0.15) is 0 Å². The number of hydrogen-bond donors (Lipinski definition) is 0. The standard InChI is InChI=1S/C21H25N3O/c25-21(24-12-9-18-6-1-2-7-19(18)16-24)20-8-4-11-23(15-20)14-17-5-3-10-22-13-17/h1-3,5-7,10,13,20H,4,8-9,11-12,14-16H2. The Hall–Kier alpha value is -2.20. The number of carbonyl (C=O) groups is 1. The quantitative estimate of drug-likeness (QED) is 0.865. The van der Waals surface area contributed by atoms with E-state index >= 15 is 0 Å². The van der Waals surface area contributed by atoms with Crippen molar-refractivity contribution in [1.82, 2.24) is 14.8 Å². The van der Waals surface area contributed by atoms with Crippen LogP contribution in [0.1, 0.15) is 29.5 Å². The number of amides is 1. The Bertz CT molecular complexity index is 731. The molecule has 1 aromatic heterocycles. The molecule has 0 bridgehead atoms. The minimum absolute atomic E-state index is 0.135. The predicted octanol–water partition coefficient (Wildman–Crippen LogP) is 2.88. The van der Waals surface area contributed by atoms with E-state index in [-0.39, 0.29) is 5.92 Å². The van der Waals surface area contributed by atoms with Crippen molar-refractivity contribution in [1.29, 1.82) is 0 Å². The van der Waals surface area contributed by atoms with Crippen molar-refractivity contribution in [3.8, 4) is 0 Å². The van der Waals surface area contributed by atoms with E-state index in [1.54, 1.807) is 6.20 Å². The molecular weight excluding hydrogens is 310 g/mol. The number of hydrogen-bond acceptors (Lipinski definition) is 3. The van der Waals surface area contributed by atoms with Crippen LogP contribution in [0.3, 0.4) is 0 Å². The molecule has 0 N–H and O–H groups in total. The van der Waals surface area contributed by atoms with Crippen molar-refractivity contribution in [2.45, 2.75) is 32.4 Å². The first kappa shape index (κ1) is 16.3. The van der Waals surface area contributed by atoms with E-state index in [0.717, 1.165) is 52.0 Å². The van der Waals surface area contributed by atoms with E-state index in [2.05, 4.69) is 45.1 Å². The Labute approximate surface area is 149 Å². The lowest BCUT2D eigenvalue weighted by molar-refractivity contribution is -0.138. The molecule has 130 valence electrons. The van der Waals surface area contributed by atoms with Gasteiger partial charge >= 0.3 is 0 Å². The summed E-state index contributed by atoms with van der Waals surface area (Å²) in [6, 6.07) is 12.6. The highest BCUT2D eigenvalue weighted by molar-refractivity contribution is 5.79. The van der Waals surface area contributed by atoms with Gasteiger partial charge in [0.05, 0.1) is 5.92 Å². The van der Waals surface area contributed by atoms with Crippen LogP contribution in [0, 0.1) is 5.92 Å². The topological polar surface area (TPSA) is 36.4 Å². The summed E-state index contributed by atoms with van der Waals surface area (Å²) in [7, 11) is 0. The molecule has 1 fully saturated rings. The van der Waals surface area contributed by atoms with Gasteiger partial charge in [-0.05, 0) is 48.6 Å². The molecule has 0 saturated carbocycles. The van der Waals surface area contributed by atoms with Gasteiger partial charge in [0.15, 0.2) is 0 Å². The van der Waals surface area contributed by atoms with Crippen LogP contribution in [0.25, 0.3) is 0 Å². The largest absolute Gasteiger partial charge is 0.338 e. The van der Waals surface area contributed by atoms with E-state index in [1.165, 1.54) is 16.7 Å². The molecule has 1 atom stereocenters. The number of rotatable bonds is 3. The molecule has 1 unspecified atom stereocenters. The highest BCUT2D eigenvalue weighted by atomic mass is 16.2. The zero-order valence-corrected chi connectivity index (χ0v) is 14.6. The van der Waals surface area contributed by atoms with Gasteiger partial charge in [0.2, 0.25) is 5.91 Å². The fourth-order valence-electron chi connectivity index (χ4n) is 4.09. The highest BCUT2D eigenvalue weighted by Gasteiger charge is 2.30. The molecule has 4 rings (SSSR count). The second-order valence-electron chi connectivity index (χ2n) is 7.21. The molecule has 2 aliphatic rings. The van der Waals surface area contributed by atoms with Crippen LogP contribution in [-0.4, -0.2) is 40.3 Å². The van der Waals surface area contributed by atoms with Crippen molar-refractivity contribution in [3.05, 3.63) is 65.5 Å². The Balaban J connectivity index is 1.39. The van der Waals surface area contributed by atoms with Crippen LogP contribution in [-0.2, 0) is 24.3 Å². The minimum atomic E-state index is 0.135. The van der Waals surface area contributed by atoms with Crippen molar-refractivity contribution in [2.24, 2.45) is 5.92 Å².